The number of hydrogen-bond acceptors (Lipinski definition) is 1. The van der Waals surface area contributed by atoms with Crippen LogP contribution in [0.25, 0.3) is 0 Å². The van der Waals surface area contributed by atoms with Gasteiger partial charge in [-0.3, -0.25) is 0 Å². The lowest BCUT2D eigenvalue weighted by atomic mass is 9.96. The molecule has 9 heavy (non-hydrogen) atoms. The molecule has 0 spiro atoms. The lowest BCUT2D eigenvalue weighted by Crippen LogP contribution is -2.00. The summed E-state index contributed by atoms with van der Waals surface area (Å²) in [5.41, 5.74) is 1.89. The van der Waals surface area contributed by atoms with Gasteiger partial charge in [-0.25, -0.2) is 0 Å². The first-order chi connectivity index (χ1) is 4.33. The Bertz CT molecular complexity index is 181. The summed E-state index contributed by atoms with van der Waals surface area (Å²) >= 11 is 0. The fraction of sp³-hybridized carbons (Fsp3) is 0.143. The highest BCUT2D eigenvalue weighted by molar-refractivity contribution is 6.32. The zero-order chi connectivity index (χ0) is 6.69. The molecule has 1 aromatic rings. The molecule has 1 rings (SSSR count). The van der Waals surface area contributed by atoms with Crippen LogP contribution in [0.5, 0.6) is 0 Å². The number of anilines is 1. The maximum Gasteiger partial charge on any atom is 0.113 e. The topological polar surface area (TPSA) is 12.0 Å². The molecule has 0 unspecified atom stereocenters. The van der Waals surface area contributed by atoms with E-state index in [9.17, 15) is 0 Å². The van der Waals surface area contributed by atoms with Crippen LogP contribution in [0.15, 0.2) is 24.3 Å². The highest BCUT2D eigenvalue weighted by Crippen LogP contribution is 2.00. The van der Waals surface area contributed by atoms with Crippen LogP contribution in [0.3, 0.4) is 0 Å². The highest BCUT2D eigenvalue weighted by Gasteiger charge is 1.83. The molecule has 2 radical (unpaired) electrons. The van der Waals surface area contributed by atoms with Gasteiger partial charge in [0.15, 0.2) is 0 Å². The minimum absolute atomic E-state index is 0.800. The first-order valence-electron chi connectivity index (χ1n) is 2.86. The van der Waals surface area contributed by atoms with Crippen LogP contribution in [0.1, 0.15) is 0 Å². The first-order valence-corrected chi connectivity index (χ1v) is 2.86. The van der Waals surface area contributed by atoms with Crippen molar-refractivity contribution >= 4 is 19.0 Å². The molecule has 0 aliphatic heterocycles. The Balaban J connectivity index is 2.88. The second-order valence-electron chi connectivity index (χ2n) is 1.87. The van der Waals surface area contributed by atoms with E-state index >= 15 is 0 Å². The monoisotopic (exact) mass is 117 g/mol. The van der Waals surface area contributed by atoms with E-state index in [1.54, 1.807) is 0 Å². The van der Waals surface area contributed by atoms with Crippen molar-refractivity contribution in [3.63, 3.8) is 0 Å². The summed E-state index contributed by atoms with van der Waals surface area (Å²) in [4.78, 5) is 0. The molecule has 0 heterocycles. The van der Waals surface area contributed by atoms with Gasteiger partial charge in [0.2, 0.25) is 0 Å². The zero-order valence-electron chi connectivity index (χ0n) is 5.39. The van der Waals surface area contributed by atoms with Crippen LogP contribution in [-0.2, 0) is 0 Å². The number of rotatable bonds is 1. The molecule has 0 atom stereocenters. The van der Waals surface area contributed by atoms with Crippen LogP contribution < -0.4 is 10.8 Å². The molecule has 44 valence electrons. The number of nitrogens with one attached hydrogen (secondary N) is 1. The van der Waals surface area contributed by atoms with Gasteiger partial charge in [-0.2, -0.15) is 0 Å². The van der Waals surface area contributed by atoms with Gasteiger partial charge in [0, 0.05) is 12.7 Å². The van der Waals surface area contributed by atoms with E-state index in [0.29, 0.717) is 0 Å². The molecular formula is C7H8BN. The van der Waals surface area contributed by atoms with Gasteiger partial charge < -0.3 is 5.32 Å². The molecule has 0 aliphatic carbocycles. The second kappa shape index (κ2) is 2.58. The Morgan fingerprint density at radius 1 is 1.22 bits per heavy atom. The summed E-state index contributed by atoms with van der Waals surface area (Å²) in [6.07, 6.45) is 0. The van der Waals surface area contributed by atoms with Crippen LogP contribution in [0.4, 0.5) is 5.69 Å². The fourth-order valence-electron chi connectivity index (χ4n) is 0.650. The van der Waals surface area contributed by atoms with Gasteiger partial charge in [-0.15, -0.1) is 0 Å². The molecule has 1 N–H and O–H groups in total. The fourth-order valence-corrected chi connectivity index (χ4v) is 0.650. The van der Waals surface area contributed by atoms with Crippen molar-refractivity contribution in [1.82, 2.24) is 0 Å². The van der Waals surface area contributed by atoms with E-state index in [-0.39, 0.29) is 0 Å². The predicted molar refractivity (Wildman–Crippen MR) is 41.4 cm³/mol. The zero-order valence-corrected chi connectivity index (χ0v) is 5.39. The average Bonchev–Trinajstić information content (AvgIpc) is 1.90. The summed E-state index contributed by atoms with van der Waals surface area (Å²) in [5, 5.41) is 3.00. The number of benzene rings is 1. The third kappa shape index (κ3) is 1.49. The van der Waals surface area contributed by atoms with E-state index in [1.807, 2.05) is 31.3 Å². The van der Waals surface area contributed by atoms with Gasteiger partial charge in [0.25, 0.3) is 0 Å². The van der Waals surface area contributed by atoms with E-state index in [0.717, 1.165) is 11.2 Å². The molecule has 0 fully saturated rings. The van der Waals surface area contributed by atoms with Crippen LogP contribution in [-0.4, -0.2) is 14.9 Å². The number of hydrogen-bond donors (Lipinski definition) is 1. The maximum absolute atomic E-state index is 5.45. The van der Waals surface area contributed by atoms with E-state index in [1.165, 1.54) is 0 Å². The third-order valence-corrected chi connectivity index (χ3v) is 1.20. The highest BCUT2D eigenvalue weighted by atomic mass is 14.8. The normalized spacial score (nSPS) is 9.00. The molecule has 1 nitrogen and oxygen atoms in total. The van der Waals surface area contributed by atoms with Crippen molar-refractivity contribution in [2.75, 3.05) is 12.4 Å². The quantitative estimate of drug-likeness (QED) is 0.528. The summed E-state index contributed by atoms with van der Waals surface area (Å²) in [5.74, 6) is 0. The molecule has 0 amide bonds. The van der Waals surface area contributed by atoms with Crippen molar-refractivity contribution in [3.05, 3.63) is 24.3 Å². The summed E-state index contributed by atoms with van der Waals surface area (Å²) < 4.78 is 0. The molecule has 0 bridgehead atoms. The molecule has 0 aliphatic rings. The predicted octanol–water partition coefficient (Wildman–Crippen LogP) is 0.522. The lowest BCUT2D eigenvalue weighted by molar-refractivity contribution is 1.52. The van der Waals surface area contributed by atoms with Gasteiger partial charge >= 0.3 is 0 Å². The van der Waals surface area contributed by atoms with Gasteiger partial charge in [0.1, 0.15) is 7.85 Å². The smallest absolute Gasteiger partial charge is 0.113 e. The molecule has 0 aromatic heterocycles. The molecule has 2 heteroatoms. The Morgan fingerprint density at radius 2 is 1.78 bits per heavy atom. The van der Waals surface area contributed by atoms with Crippen molar-refractivity contribution in [1.29, 1.82) is 0 Å². The Hall–Kier alpha value is -0.915. The summed E-state index contributed by atoms with van der Waals surface area (Å²) in [6, 6.07) is 7.61. The van der Waals surface area contributed by atoms with Crippen molar-refractivity contribution in [2.45, 2.75) is 0 Å². The van der Waals surface area contributed by atoms with Gasteiger partial charge in [0.05, 0.1) is 0 Å². The van der Waals surface area contributed by atoms with Gasteiger partial charge in [-0.05, 0) is 12.1 Å². The first kappa shape index (κ1) is 6.21. The summed E-state index contributed by atoms with van der Waals surface area (Å²) in [6.45, 7) is 0. The Labute approximate surface area is 56.5 Å². The Morgan fingerprint density at radius 3 is 2.22 bits per heavy atom. The molecule has 1 aromatic carbocycles. The third-order valence-electron chi connectivity index (χ3n) is 1.20. The molecule has 0 saturated heterocycles. The minimum atomic E-state index is 0.800. The SMILES string of the molecule is [B]c1ccc(NC)cc1. The van der Waals surface area contributed by atoms with Crippen molar-refractivity contribution < 1.29 is 0 Å². The molecular weight excluding hydrogens is 109 g/mol. The second-order valence-corrected chi connectivity index (χ2v) is 1.87. The Kier molecular flexibility index (Phi) is 1.78. The van der Waals surface area contributed by atoms with Crippen LogP contribution >= 0.6 is 0 Å². The average molecular weight is 117 g/mol. The van der Waals surface area contributed by atoms with E-state index in [4.69, 9.17) is 7.85 Å². The van der Waals surface area contributed by atoms with Crippen molar-refractivity contribution in [3.8, 4) is 0 Å². The van der Waals surface area contributed by atoms with E-state index < -0.39 is 0 Å². The largest absolute Gasteiger partial charge is 0.388 e. The molecule has 0 saturated carbocycles. The summed E-state index contributed by atoms with van der Waals surface area (Å²) in [7, 11) is 7.33. The van der Waals surface area contributed by atoms with E-state index in [2.05, 4.69) is 5.32 Å². The van der Waals surface area contributed by atoms with Gasteiger partial charge in [-0.1, -0.05) is 17.6 Å². The minimum Gasteiger partial charge on any atom is -0.388 e. The standard InChI is InChI=1S/C7H8BN/c1-9-7-4-2-6(8)3-5-7/h2-5,9H,1H3. The van der Waals surface area contributed by atoms with Crippen molar-refractivity contribution in [2.24, 2.45) is 0 Å². The maximum atomic E-state index is 5.45. The lowest BCUT2D eigenvalue weighted by Gasteiger charge is -1.97. The van der Waals surface area contributed by atoms with Crippen LogP contribution in [0.2, 0.25) is 0 Å². The van der Waals surface area contributed by atoms with Crippen LogP contribution in [0, 0.1) is 0 Å².